The molecule has 1 amide bonds. The van der Waals surface area contributed by atoms with E-state index in [0.29, 0.717) is 13.1 Å². The lowest BCUT2D eigenvalue weighted by Gasteiger charge is -2.33. The number of likely N-dealkylation sites (tertiary alicyclic amines) is 1. The van der Waals surface area contributed by atoms with Gasteiger partial charge in [-0.1, -0.05) is 6.42 Å². The number of rotatable bonds is 4. The van der Waals surface area contributed by atoms with Crippen LogP contribution in [0.15, 0.2) is 0 Å². The number of amides is 1. The van der Waals surface area contributed by atoms with Gasteiger partial charge in [0.25, 0.3) is 0 Å². The topological polar surface area (TPSA) is 52.6 Å². The number of piperidine rings is 1. The summed E-state index contributed by atoms with van der Waals surface area (Å²) in [5.41, 5.74) is 0. The molecule has 0 radical (unpaired) electrons. The van der Waals surface area contributed by atoms with Crippen molar-refractivity contribution < 1.29 is 9.90 Å². The van der Waals surface area contributed by atoms with E-state index in [1.807, 2.05) is 6.92 Å². The first-order chi connectivity index (χ1) is 6.77. The zero-order valence-electron chi connectivity index (χ0n) is 8.83. The first kappa shape index (κ1) is 11.5. The zero-order valence-corrected chi connectivity index (χ0v) is 8.83. The van der Waals surface area contributed by atoms with E-state index in [1.54, 1.807) is 0 Å². The van der Waals surface area contributed by atoms with Crippen LogP contribution in [0.2, 0.25) is 0 Å². The number of aliphatic hydroxyl groups excluding tert-OH is 1. The highest BCUT2D eigenvalue weighted by Crippen LogP contribution is 2.15. The molecule has 14 heavy (non-hydrogen) atoms. The van der Waals surface area contributed by atoms with Crippen molar-refractivity contribution in [2.75, 3.05) is 26.2 Å². The zero-order chi connectivity index (χ0) is 10.4. The van der Waals surface area contributed by atoms with Crippen molar-refractivity contribution in [2.45, 2.75) is 32.2 Å². The van der Waals surface area contributed by atoms with Gasteiger partial charge in [-0.25, -0.2) is 0 Å². The molecule has 0 aromatic rings. The summed E-state index contributed by atoms with van der Waals surface area (Å²) in [5.74, 6) is 0.0628. The lowest BCUT2D eigenvalue weighted by molar-refractivity contribution is -0.123. The second-order valence-electron chi connectivity index (χ2n) is 3.76. The van der Waals surface area contributed by atoms with Crippen molar-refractivity contribution in [3.05, 3.63) is 0 Å². The van der Waals surface area contributed by atoms with Crippen LogP contribution in [0.25, 0.3) is 0 Å². The minimum atomic E-state index is 0.0628. The molecule has 1 rings (SSSR count). The third-order valence-corrected chi connectivity index (χ3v) is 2.68. The molecule has 0 aliphatic carbocycles. The minimum absolute atomic E-state index is 0.0628. The molecule has 1 aliphatic heterocycles. The standard InChI is InChI=1S/C10H20N2O2/c1-2-11-10(14)7-12-6-4-3-5-9(12)8-13/h9,13H,2-8H2,1H3,(H,11,14). The summed E-state index contributed by atoms with van der Waals surface area (Å²) in [7, 11) is 0. The first-order valence-electron chi connectivity index (χ1n) is 5.39. The van der Waals surface area contributed by atoms with Crippen LogP contribution < -0.4 is 5.32 Å². The second kappa shape index (κ2) is 5.98. The quantitative estimate of drug-likeness (QED) is 0.670. The summed E-state index contributed by atoms with van der Waals surface area (Å²) < 4.78 is 0. The predicted molar refractivity (Wildman–Crippen MR) is 55.0 cm³/mol. The average Bonchev–Trinajstić information content (AvgIpc) is 2.19. The number of likely N-dealkylation sites (N-methyl/N-ethyl adjacent to an activating group) is 1. The minimum Gasteiger partial charge on any atom is -0.395 e. The molecular formula is C10H20N2O2. The molecule has 0 saturated carbocycles. The van der Waals surface area contributed by atoms with E-state index < -0.39 is 0 Å². The highest BCUT2D eigenvalue weighted by atomic mass is 16.3. The van der Waals surface area contributed by atoms with E-state index in [-0.39, 0.29) is 18.6 Å². The number of carbonyl (C=O) groups excluding carboxylic acids is 1. The van der Waals surface area contributed by atoms with Gasteiger partial charge in [0.15, 0.2) is 0 Å². The molecule has 1 heterocycles. The molecule has 0 aromatic carbocycles. The maximum absolute atomic E-state index is 11.3. The van der Waals surface area contributed by atoms with Crippen molar-refractivity contribution in [1.82, 2.24) is 10.2 Å². The number of nitrogens with one attached hydrogen (secondary N) is 1. The van der Waals surface area contributed by atoms with E-state index in [0.717, 1.165) is 25.8 Å². The summed E-state index contributed by atoms with van der Waals surface area (Å²) in [6.45, 7) is 4.12. The van der Waals surface area contributed by atoms with Gasteiger partial charge in [-0.05, 0) is 26.3 Å². The summed E-state index contributed by atoms with van der Waals surface area (Å²) >= 11 is 0. The molecule has 1 aliphatic rings. The Balaban J connectivity index is 2.36. The molecular weight excluding hydrogens is 180 g/mol. The van der Waals surface area contributed by atoms with Gasteiger partial charge in [0, 0.05) is 12.6 Å². The predicted octanol–water partition coefficient (Wildman–Crippen LogP) is -0.0307. The maximum Gasteiger partial charge on any atom is 0.234 e. The van der Waals surface area contributed by atoms with Gasteiger partial charge in [0.1, 0.15) is 0 Å². The van der Waals surface area contributed by atoms with Crippen LogP contribution >= 0.6 is 0 Å². The first-order valence-corrected chi connectivity index (χ1v) is 5.39. The molecule has 2 N–H and O–H groups in total. The SMILES string of the molecule is CCNC(=O)CN1CCCCC1CO. The summed E-state index contributed by atoms with van der Waals surface area (Å²) in [5, 5.41) is 11.9. The van der Waals surface area contributed by atoms with Gasteiger partial charge in [0.05, 0.1) is 13.2 Å². The molecule has 1 fully saturated rings. The molecule has 0 aromatic heterocycles. The Hall–Kier alpha value is -0.610. The van der Waals surface area contributed by atoms with Crippen molar-refractivity contribution in [1.29, 1.82) is 0 Å². The van der Waals surface area contributed by atoms with Crippen LogP contribution in [-0.4, -0.2) is 48.2 Å². The van der Waals surface area contributed by atoms with Gasteiger partial charge >= 0.3 is 0 Å². The molecule has 1 saturated heterocycles. The number of nitrogens with zero attached hydrogens (tertiary/aromatic N) is 1. The largest absolute Gasteiger partial charge is 0.395 e. The van der Waals surface area contributed by atoms with E-state index in [2.05, 4.69) is 10.2 Å². The lowest BCUT2D eigenvalue weighted by Crippen LogP contribution is -2.47. The Kier molecular flexibility index (Phi) is 4.90. The molecule has 4 heteroatoms. The van der Waals surface area contributed by atoms with Crippen molar-refractivity contribution in [3.63, 3.8) is 0 Å². The summed E-state index contributed by atoms with van der Waals surface area (Å²) in [4.78, 5) is 13.4. The maximum atomic E-state index is 11.3. The third-order valence-electron chi connectivity index (χ3n) is 2.68. The van der Waals surface area contributed by atoms with E-state index in [1.165, 1.54) is 0 Å². The number of carbonyl (C=O) groups is 1. The Morgan fingerprint density at radius 1 is 1.57 bits per heavy atom. The lowest BCUT2D eigenvalue weighted by atomic mass is 10.0. The van der Waals surface area contributed by atoms with Crippen LogP contribution in [0.3, 0.4) is 0 Å². The fourth-order valence-corrected chi connectivity index (χ4v) is 1.91. The van der Waals surface area contributed by atoms with Crippen molar-refractivity contribution in [3.8, 4) is 0 Å². The van der Waals surface area contributed by atoms with Crippen LogP contribution in [0.4, 0.5) is 0 Å². The fourth-order valence-electron chi connectivity index (χ4n) is 1.91. The summed E-state index contributed by atoms with van der Waals surface area (Å²) in [6, 6.07) is 0.186. The molecule has 1 atom stereocenters. The van der Waals surface area contributed by atoms with Gasteiger partial charge in [-0.3, -0.25) is 9.69 Å². The second-order valence-corrected chi connectivity index (χ2v) is 3.76. The fraction of sp³-hybridized carbons (Fsp3) is 0.900. The Morgan fingerprint density at radius 3 is 3.00 bits per heavy atom. The Bertz CT molecular complexity index is 185. The molecule has 1 unspecified atom stereocenters. The average molecular weight is 200 g/mol. The normalized spacial score (nSPS) is 23.4. The van der Waals surface area contributed by atoms with E-state index in [9.17, 15) is 4.79 Å². The summed E-state index contributed by atoms with van der Waals surface area (Å²) in [6.07, 6.45) is 3.31. The monoisotopic (exact) mass is 200 g/mol. The van der Waals surface area contributed by atoms with Crippen LogP contribution in [0.5, 0.6) is 0 Å². The van der Waals surface area contributed by atoms with E-state index in [4.69, 9.17) is 5.11 Å². The molecule has 0 spiro atoms. The number of hydrogen-bond acceptors (Lipinski definition) is 3. The Labute approximate surface area is 85.3 Å². The third kappa shape index (κ3) is 3.27. The molecule has 82 valence electrons. The number of hydrogen-bond donors (Lipinski definition) is 2. The highest BCUT2D eigenvalue weighted by molar-refractivity contribution is 5.77. The van der Waals surface area contributed by atoms with Crippen molar-refractivity contribution >= 4 is 5.91 Å². The van der Waals surface area contributed by atoms with Crippen LogP contribution in [0.1, 0.15) is 26.2 Å². The molecule has 0 bridgehead atoms. The molecule has 4 nitrogen and oxygen atoms in total. The van der Waals surface area contributed by atoms with Crippen molar-refractivity contribution in [2.24, 2.45) is 0 Å². The van der Waals surface area contributed by atoms with Gasteiger partial charge in [0.2, 0.25) is 5.91 Å². The number of aliphatic hydroxyl groups is 1. The van der Waals surface area contributed by atoms with Gasteiger partial charge in [-0.15, -0.1) is 0 Å². The van der Waals surface area contributed by atoms with E-state index >= 15 is 0 Å². The smallest absolute Gasteiger partial charge is 0.234 e. The van der Waals surface area contributed by atoms with Gasteiger partial charge < -0.3 is 10.4 Å². The van der Waals surface area contributed by atoms with Gasteiger partial charge in [-0.2, -0.15) is 0 Å². The Morgan fingerprint density at radius 2 is 2.36 bits per heavy atom. The van der Waals surface area contributed by atoms with Crippen LogP contribution in [-0.2, 0) is 4.79 Å². The highest BCUT2D eigenvalue weighted by Gasteiger charge is 2.22. The van der Waals surface area contributed by atoms with Crippen LogP contribution in [0, 0.1) is 0 Å².